The van der Waals surface area contributed by atoms with E-state index in [-0.39, 0.29) is 22.8 Å². The molecule has 190 valence electrons. The molecule has 1 heterocycles. The summed E-state index contributed by atoms with van der Waals surface area (Å²) in [7, 11) is -1.97. The second kappa shape index (κ2) is 10.1. The zero-order valence-electron chi connectivity index (χ0n) is 20.7. The van der Waals surface area contributed by atoms with Gasteiger partial charge in [0, 0.05) is 36.1 Å². The van der Waals surface area contributed by atoms with Crippen molar-refractivity contribution < 1.29 is 18.3 Å². The maximum atomic E-state index is 13.1. The van der Waals surface area contributed by atoms with Crippen LogP contribution < -0.4 is 10.0 Å². The minimum absolute atomic E-state index is 0.119. The van der Waals surface area contributed by atoms with Gasteiger partial charge >= 0.3 is 0 Å². The third kappa shape index (κ3) is 5.46. The summed E-state index contributed by atoms with van der Waals surface area (Å²) in [5.41, 5.74) is 0.900. The van der Waals surface area contributed by atoms with Crippen LogP contribution in [0.3, 0.4) is 0 Å². The monoisotopic (exact) mass is 508 g/mol. The Bertz CT molecular complexity index is 1390. The number of aromatic nitrogens is 1. The number of nitrogens with zero attached hydrogens (tertiary/aromatic N) is 2. The lowest BCUT2D eigenvalue weighted by molar-refractivity contribution is -0.128. The maximum Gasteiger partial charge on any atom is 0.240 e. The van der Waals surface area contributed by atoms with Crippen LogP contribution in [0.5, 0.6) is 0 Å². The number of hydrogen-bond donors (Lipinski definition) is 3. The summed E-state index contributed by atoms with van der Waals surface area (Å²) in [6.45, 7) is 3.34. The molecule has 2 aromatic carbocycles. The quantitative estimate of drug-likeness (QED) is 0.450. The Morgan fingerprint density at radius 2 is 1.81 bits per heavy atom. The third-order valence-electron chi connectivity index (χ3n) is 6.94. The van der Waals surface area contributed by atoms with E-state index in [4.69, 9.17) is 0 Å². The summed E-state index contributed by atoms with van der Waals surface area (Å²) >= 11 is 0. The van der Waals surface area contributed by atoms with Gasteiger partial charge in [-0.05, 0) is 63.3 Å². The molecule has 3 N–H and O–H groups in total. The van der Waals surface area contributed by atoms with Crippen molar-refractivity contribution in [2.24, 2.45) is 13.0 Å². The van der Waals surface area contributed by atoms with Gasteiger partial charge in [-0.2, -0.15) is 5.26 Å². The van der Waals surface area contributed by atoms with Crippen molar-refractivity contribution in [2.45, 2.75) is 62.1 Å². The van der Waals surface area contributed by atoms with Crippen LogP contribution in [0, 0.1) is 17.2 Å². The summed E-state index contributed by atoms with van der Waals surface area (Å²) in [4.78, 5) is 13.2. The van der Waals surface area contributed by atoms with Crippen molar-refractivity contribution in [3.05, 3.63) is 65.9 Å². The molecular formula is C27H32N4O4S. The normalized spacial score (nSPS) is 19.5. The van der Waals surface area contributed by atoms with Gasteiger partial charge in [-0.25, -0.2) is 13.1 Å². The third-order valence-corrected chi connectivity index (χ3v) is 8.46. The van der Waals surface area contributed by atoms with Crippen molar-refractivity contribution in [3.8, 4) is 6.07 Å². The highest BCUT2D eigenvalue weighted by atomic mass is 32.2. The van der Waals surface area contributed by atoms with Crippen LogP contribution in [0.1, 0.15) is 56.7 Å². The lowest BCUT2D eigenvalue weighted by Crippen LogP contribution is -2.46. The predicted octanol–water partition coefficient (Wildman–Crippen LogP) is 3.52. The number of benzene rings is 2. The molecule has 8 nitrogen and oxygen atoms in total. The fraction of sp³-hybridized carbons (Fsp3) is 0.407. The molecular weight excluding hydrogens is 476 g/mol. The van der Waals surface area contributed by atoms with E-state index in [2.05, 4.69) is 16.1 Å². The predicted molar refractivity (Wildman–Crippen MR) is 137 cm³/mol. The van der Waals surface area contributed by atoms with Gasteiger partial charge in [-0.15, -0.1) is 0 Å². The molecule has 0 spiro atoms. The Kier molecular flexibility index (Phi) is 7.23. The number of amides is 1. The summed E-state index contributed by atoms with van der Waals surface area (Å²) in [5.74, 6) is -0.385. The van der Waals surface area contributed by atoms with Crippen LogP contribution in [-0.2, 0) is 21.9 Å². The van der Waals surface area contributed by atoms with Gasteiger partial charge in [-0.1, -0.05) is 30.3 Å². The lowest BCUT2D eigenvalue weighted by Gasteiger charge is -2.34. The number of carbonyl (C=O) groups is 1. The Morgan fingerprint density at radius 1 is 1.14 bits per heavy atom. The molecule has 0 radical (unpaired) electrons. The van der Waals surface area contributed by atoms with Gasteiger partial charge in [0.15, 0.2) is 0 Å². The molecule has 4 rings (SSSR count). The number of hydrogen-bond acceptors (Lipinski definition) is 5. The molecule has 0 unspecified atom stereocenters. The number of carbonyl (C=O) groups excluding carboxylic acids is 1. The van der Waals surface area contributed by atoms with E-state index >= 15 is 0 Å². The Hall–Kier alpha value is -3.19. The van der Waals surface area contributed by atoms with E-state index in [1.165, 1.54) is 6.07 Å². The first-order chi connectivity index (χ1) is 17.0. The summed E-state index contributed by atoms with van der Waals surface area (Å²) in [6.07, 6.45) is 3.84. The van der Waals surface area contributed by atoms with E-state index < -0.39 is 21.7 Å². The van der Waals surface area contributed by atoms with Crippen molar-refractivity contribution >= 4 is 26.8 Å². The molecule has 36 heavy (non-hydrogen) atoms. The van der Waals surface area contributed by atoms with Crippen molar-refractivity contribution in [1.82, 2.24) is 14.6 Å². The maximum absolute atomic E-state index is 13.1. The molecule has 1 fully saturated rings. The molecule has 1 aromatic heterocycles. The van der Waals surface area contributed by atoms with Gasteiger partial charge < -0.3 is 15.0 Å². The summed E-state index contributed by atoms with van der Waals surface area (Å²) in [5, 5.41) is 23.6. The van der Waals surface area contributed by atoms with Gasteiger partial charge in [0.25, 0.3) is 0 Å². The fourth-order valence-corrected chi connectivity index (χ4v) is 6.29. The summed E-state index contributed by atoms with van der Waals surface area (Å²) < 4.78 is 30.7. The van der Waals surface area contributed by atoms with Gasteiger partial charge in [-0.3, -0.25) is 4.79 Å². The van der Waals surface area contributed by atoms with E-state index in [9.17, 15) is 23.6 Å². The topological polar surface area (TPSA) is 124 Å². The molecule has 0 saturated heterocycles. The van der Waals surface area contributed by atoms with Gasteiger partial charge in [0.05, 0.1) is 22.1 Å². The molecule has 3 aromatic rings. The van der Waals surface area contributed by atoms with E-state index in [0.717, 1.165) is 11.1 Å². The SMILES string of the molecule is Cn1cc(C#N)c2cc(S(=O)(=O)NC3CCC(C(=O)N[C@@H](c4ccccc4)C(C)(C)O)CC3)ccc21. The molecule has 1 saturated carbocycles. The molecule has 1 aliphatic carbocycles. The average molecular weight is 509 g/mol. The average Bonchev–Trinajstić information content (AvgIpc) is 3.17. The highest BCUT2D eigenvalue weighted by Crippen LogP contribution is 2.30. The first-order valence-corrected chi connectivity index (χ1v) is 13.6. The zero-order chi connectivity index (χ0) is 26.1. The van der Waals surface area contributed by atoms with E-state index in [1.807, 2.05) is 37.4 Å². The number of rotatable bonds is 7. The number of nitriles is 1. The van der Waals surface area contributed by atoms with Crippen molar-refractivity contribution in [3.63, 3.8) is 0 Å². The largest absolute Gasteiger partial charge is 0.388 e. The van der Waals surface area contributed by atoms with Gasteiger partial charge in [0.2, 0.25) is 15.9 Å². The minimum Gasteiger partial charge on any atom is -0.388 e. The number of aliphatic hydroxyl groups is 1. The smallest absolute Gasteiger partial charge is 0.240 e. The van der Waals surface area contributed by atoms with E-state index in [0.29, 0.717) is 36.6 Å². The van der Waals surface area contributed by atoms with Crippen LogP contribution in [0.2, 0.25) is 0 Å². The summed E-state index contributed by atoms with van der Waals surface area (Å²) in [6, 6.07) is 15.4. The van der Waals surface area contributed by atoms with Crippen LogP contribution in [-0.4, -0.2) is 35.6 Å². The van der Waals surface area contributed by atoms with Crippen LogP contribution >= 0.6 is 0 Å². The van der Waals surface area contributed by atoms with Crippen LogP contribution in [0.4, 0.5) is 0 Å². The highest BCUT2D eigenvalue weighted by molar-refractivity contribution is 7.89. The van der Waals surface area contributed by atoms with Crippen molar-refractivity contribution in [1.29, 1.82) is 5.26 Å². The molecule has 0 bridgehead atoms. The number of sulfonamides is 1. The highest BCUT2D eigenvalue weighted by Gasteiger charge is 2.34. The number of aryl methyl sites for hydroxylation is 1. The Labute approximate surface area is 212 Å². The van der Waals surface area contributed by atoms with Gasteiger partial charge in [0.1, 0.15) is 6.07 Å². The molecule has 0 aliphatic heterocycles. The molecule has 1 amide bonds. The lowest BCUT2D eigenvalue weighted by atomic mass is 9.84. The number of fused-ring (bicyclic) bond motifs is 1. The molecule has 9 heteroatoms. The minimum atomic E-state index is -3.78. The second-order valence-corrected chi connectivity index (χ2v) is 11.8. The first kappa shape index (κ1) is 25.9. The molecule has 1 atom stereocenters. The second-order valence-electron chi connectivity index (χ2n) is 10.1. The Balaban J connectivity index is 1.40. The van der Waals surface area contributed by atoms with Crippen molar-refractivity contribution in [2.75, 3.05) is 0 Å². The van der Waals surface area contributed by atoms with Crippen LogP contribution in [0.25, 0.3) is 10.9 Å². The fourth-order valence-electron chi connectivity index (χ4n) is 4.96. The zero-order valence-corrected chi connectivity index (χ0v) is 21.5. The number of nitrogens with one attached hydrogen (secondary N) is 2. The van der Waals surface area contributed by atoms with E-state index in [1.54, 1.807) is 36.7 Å². The Morgan fingerprint density at radius 3 is 2.42 bits per heavy atom. The van der Waals surface area contributed by atoms with Crippen LogP contribution in [0.15, 0.2) is 59.6 Å². The first-order valence-electron chi connectivity index (χ1n) is 12.1. The standard InChI is InChI=1S/C27H32N4O4S/c1-27(2,33)25(18-7-5-4-6-8-18)29-26(32)19-9-11-21(12-10-19)30-36(34,35)22-13-14-24-23(15-22)20(16-28)17-31(24)3/h4-8,13-15,17,19,21,25,30,33H,9-12H2,1-3H3,(H,29,32)/t19?,21?,25-/m0/s1. The molecule has 1 aliphatic rings.